The Bertz CT molecular complexity index is 1520. The average Bonchev–Trinajstić information content (AvgIpc) is 2.78. The summed E-state index contributed by atoms with van der Waals surface area (Å²) in [6.07, 6.45) is 0. The predicted octanol–water partition coefficient (Wildman–Crippen LogP) is 4.52. The third-order valence-corrected chi connectivity index (χ3v) is 6.40. The summed E-state index contributed by atoms with van der Waals surface area (Å²) in [4.78, 5) is 35.8. The lowest BCUT2D eigenvalue weighted by Gasteiger charge is -2.23. The molecule has 0 bridgehead atoms. The lowest BCUT2D eigenvalue weighted by atomic mass is 9.88. The van der Waals surface area contributed by atoms with Gasteiger partial charge in [-0.3, -0.25) is 9.59 Å². The Balaban J connectivity index is 1.99. The summed E-state index contributed by atoms with van der Waals surface area (Å²) in [5.41, 5.74) is 2.35. The topological polar surface area (TPSA) is 77.3 Å². The quantitative estimate of drug-likeness (QED) is 0.272. The van der Waals surface area contributed by atoms with Crippen LogP contribution in [0.3, 0.4) is 0 Å². The molecular weight excluding hydrogens is 478 g/mol. The maximum atomic E-state index is 13.6. The van der Waals surface area contributed by atoms with Crippen LogP contribution in [-0.4, -0.2) is 26.5 Å². The van der Waals surface area contributed by atoms with Gasteiger partial charge in [-0.2, -0.15) is 0 Å². The van der Waals surface area contributed by atoms with Gasteiger partial charge < -0.3 is 9.31 Å². The van der Waals surface area contributed by atoms with E-state index in [9.17, 15) is 26.9 Å². The molecule has 180 valence electrons. The number of halogens is 4. The number of benzene rings is 3. The molecule has 2 aliphatic heterocycles. The van der Waals surface area contributed by atoms with Gasteiger partial charge in [0.2, 0.25) is 11.6 Å². The third-order valence-electron chi connectivity index (χ3n) is 6.40. The van der Waals surface area contributed by atoms with Gasteiger partial charge in [0.25, 0.3) is 0 Å². The molecule has 5 rings (SSSR count). The summed E-state index contributed by atoms with van der Waals surface area (Å²) in [5, 5.41) is -0.970. The van der Waals surface area contributed by atoms with Gasteiger partial charge in [0.15, 0.2) is 0 Å². The fourth-order valence-corrected chi connectivity index (χ4v) is 4.38. The van der Waals surface area contributed by atoms with Gasteiger partial charge >= 0.3 is 14.9 Å². The standard InChI is InChI=1S/C24H16B2F4N2O4/c1-9-5-13-15(7-11(9)3)31-19-17(21(13)33)23(35-25(27)28)20-18(24(19)36-26(29)30)22(34)14-6-10(2)12(4)8-16(14)32-20/h5-8H,1-4H3. The molecule has 0 saturated heterocycles. The van der Waals surface area contributed by atoms with Crippen LogP contribution in [0.25, 0.3) is 0 Å². The number of rotatable bonds is 4. The van der Waals surface area contributed by atoms with Crippen LogP contribution < -0.4 is 20.0 Å². The Labute approximate surface area is 203 Å². The fourth-order valence-electron chi connectivity index (χ4n) is 4.38. The van der Waals surface area contributed by atoms with E-state index in [1.54, 1.807) is 39.8 Å². The summed E-state index contributed by atoms with van der Waals surface area (Å²) in [7, 11) is -6.80. The van der Waals surface area contributed by atoms with Crippen molar-refractivity contribution in [2.45, 2.75) is 27.7 Å². The van der Waals surface area contributed by atoms with Crippen LogP contribution in [0.1, 0.15) is 54.1 Å². The number of ketones is 2. The minimum Gasteiger partial charge on any atom is -0.503 e. The third kappa shape index (κ3) is 3.59. The minimum absolute atomic E-state index is 0.0710. The van der Waals surface area contributed by atoms with Crippen LogP contribution in [-0.2, 0) is 0 Å². The van der Waals surface area contributed by atoms with Crippen molar-refractivity contribution in [2.75, 3.05) is 0 Å². The van der Waals surface area contributed by atoms with Gasteiger partial charge in [0, 0.05) is 11.1 Å². The van der Waals surface area contributed by atoms with Crippen molar-refractivity contribution in [3.05, 3.63) is 79.5 Å². The fraction of sp³-hybridized carbons (Fsp3) is 0.167. The van der Waals surface area contributed by atoms with Gasteiger partial charge in [0.05, 0.1) is 22.5 Å². The van der Waals surface area contributed by atoms with Gasteiger partial charge in [-0.1, -0.05) is 0 Å². The molecular formula is C24H16B2F4N2O4. The maximum absolute atomic E-state index is 13.6. The number of fused-ring (bicyclic) bond motifs is 4. The molecule has 12 heteroatoms. The molecule has 0 atom stereocenters. The first-order chi connectivity index (χ1) is 17.0. The highest BCUT2D eigenvalue weighted by Crippen LogP contribution is 2.37. The Morgan fingerprint density at radius 1 is 0.611 bits per heavy atom. The number of aryl methyl sites for hydroxylation is 4. The highest BCUT2D eigenvalue weighted by Gasteiger charge is 2.38. The molecule has 0 amide bonds. The molecule has 0 N–H and O–H groups in total. The van der Waals surface area contributed by atoms with E-state index in [2.05, 4.69) is 9.98 Å². The van der Waals surface area contributed by atoms with E-state index in [0.29, 0.717) is 0 Å². The van der Waals surface area contributed by atoms with E-state index < -0.39 is 59.8 Å². The van der Waals surface area contributed by atoms with Crippen LogP contribution in [0, 0.1) is 27.7 Å². The van der Waals surface area contributed by atoms with Crippen molar-refractivity contribution >= 4 is 37.9 Å². The summed E-state index contributed by atoms with van der Waals surface area (Å²) in [6, 6.07) is 6.20. The van der Waals surface area contributed by atoms with Crippen LogP contribution in [0.2, 0.25) is 0 Å². The van der Waals surface area contributed by atoms with E-state index in [0.717, 1.165) is 22.3 Å². The Morgan fingerprint density at radius 3 is 1.28 bits per heavy atom. The number of hydrogen-bond donors (Lipinski definition) is 0. The number of hydrogen-bond acceptors (Lipinski definition) is 6. The summed E-state index contributed by atoms with van der Waals surface area (Å²) < 4.78 is 63.8. The van der Waals surface area contributed by atoms with E-state index in [-0.39, 0.29) is 22.5 Å². The monoisotopic (exact) mass is 494 g/mol. The summed E-state index contributed by atoms with van der Waals surface area (Å²) >= 11 is 0. The SMILES string of the molecule is Cc1cc2c(cc1C)C(=O)c1c(OB(F)F)c3c(c(OB(F)F)c1=N2)C(=O)c1cc(C)c(C)cc1N=3. The van der Waals surface area contributed by atoms with Gasteiger partial charge in [0.1, 0.15) is 22.2 Å². The Morgan fingerprint density at radius 2 is 0.944 bits per heavy atom. The van der Waals surface area contributed by atoms with Crippen molar-refractivity contribution in [3.63, 3.8) is 0 Å². The van der Waals surface area contributed by atoms with Crippen LogP contribution in [0.4, 0.5) is 28.6 Å². The molecule has 3 aromatic carbocycles. The molecule has 0 saturated carbocycles. The molecule has 36 heavy (non-hydrogen) atoms. The normalized spacial score (nSPS) is 13.0. The van der Waals surface area contributed by atoms with Crippen molar-refractivity contribution in [1.82, 2.24) is 0 Å². The van der Waals surface area contributed by atoms with Crippen LogP contribution >= 0.6 is 0 Å². The first kappa shape index (κ1) is 23.8. The molecule has 0 fully saturated rings. The van der Waals surface area contributed by atoms with Crippen LogP contribution in [0.5, 0.6) is 11.5 Å². The maximum Gasteiger partial charge on any atom is 0.796 e. The lowest BCUT2D eigenvalue weighted by molar-refractivity contribution is 0.101. The molecule has 2 heterocycles. The van der Waals surface area contributed by atoms with Crippen molar-refractivity contribution in [2.24, 2.45) is 9.98 Å². The molecule has 0 aliphatic carbocycles. The lowest BCUT2D eigenvalue weighted by Crippen LogP contribution is -2.36. The van der Waals surface area contributed by atoms with Crippen molar-refractivity contribution < 1.29 is 36.2 Å². The van der Waals surface area contributed by atoms with Gasteiger partial charge in [-0.25, -0.2) is 27.2 Å². The molecule has 0 unspecified atom stereocenters. The van der Waals surface area contributed by atoms with Crippen molar-refractivity contribution in [3.8, 4) is 11.5 Å². The molecule has 0 radical (unpaired) electrons. The first-order valence-electron chi connectivity index (χ1n) is 10.9. The Kier molecular flexibility index (Phi) is 5.50. The summed E-state index contributed by atoms with van der Waals surface area (Å²) in [5.74, 6) is -3.01. The van der Waals surface area contributed by atoms with Crippen molar-refractivity contribution in [1.29, 1.82) is 0 Å². The molecule has 3 aromatic rings. The Hall–Kier alpha value is -3.95. The predicted molar refractivity (Wildman–Crippen MR) is 124 cm³/mol. The second-order valence-corrected chi connectivity index (χ2v) is 8.65. The smallest absolute Gasteiger partial charge is 0.503 e. The minimum atomic E-state index is -3.40. The van der Waals surface area contributed by atoms with E-state index in [4.69, 9.17) is 9.31 Å². The highest BCUT2D eigenvalue weighted by atomic mass is 19.2. The average molecular weight is 494 g/mol. The van der Waals surface area contributed by atoms with E-state index in [1.165, 1.54) is 12.1 Å². The zero-order chi connectivity index (χ0) is 26.0. The van der Waals surface area contributed by atoms with E-state index in [1.807, 2.05) is 0 Å². The second kappa shape index (κ2) is 8.32. The molecule has 6 nitrogen and oxygen atoms in total. The highest BCUT2D eigenvalue weighted by molar-refractivity contribution is 6.36. The van der Waals surface area contributed by atoms with Gasteiger partial charge in [-0.15, -0.1) is 0 Å². The molecule has 2 aliphatic rings. The zero-order valence-corrected chi connectivity index (χ0v) is 19.5. The number of carbonyl (C=O) groups is 2. The molecule has 0 spiro atoms. The summed E-state index contributed by atoms with van der Waals surface area (Å²) in [6.45, 7) is 7.04. The van der Waals surface area contributed by atoms with Gasteiger partial charge in [-0.05, 0) is 74.2 Å². The first-order valence-corrected chi connectivity index (χ1v) is 10.9. The second-order valence-electron chi connectivity index (χ2n) is 8.65. The molecule has 0 aromatic heterocycles. The zero-order valence-electron chi connectivity index (χ0n) is 19.5. The largest absolute Gasteiger partial charge is 0.796 e. The van der Waals surface area contributed by atoms with Crippen LogP contribution in [0.15, 0.2) is 34.3 Å². The number of carbonyl (C=O) groups excluding carboxylic acids is 2. The van der Waals surface area contributed by atoms with E-state index >= 15 is 0 Å². The number of nitrogens with zero attached hydrogens (tertiary/aromatic N) is 2.